The first-order valence-corrected chi connectivity index (χ1v) is 4.68. The SMILES string of the molecule is CC(C)CNC(=O)OCCCCO. The van der Waals surface area contributed by atoms with Crippen molar-refractivity contribution in [1.82, 2.24) is 5.32 Å². The number of amides is 1. The molecule has 0 unspecified atom stereocenters. The summed E-state index contributed by atoms with van der Waals surface area (Å²) in [6.07, 6.45) is 1.02. The van der Waals surface area contributed by atoms with Gasteiger partial charge in [0.25, 0.3) is 0 Å². The first-order valence-electron chi connectivity index (χ1n) is 4.68. The summed E-state index contributed by atoms with van der Waals surface area (Å²) in [6.45, 7) is 5.21. The van der Waals surface area contributed by atoms with Crippen LogP contribution in [0.25, 0.3) is 0 Å². The maximum absolute atomic E-state index is 10.9. The Bertz CT molecular complexity index is 137. The van der Waals surface area contributed by atoms with Gasteiger partial charge in [0.05, 0.1) is 6.61 Å². The molecule has 0 aromatic heterocycles. The third-order valence-electron chi connectivity index (χ3n) is 1.44. The Balaban J connectivity index is 3.20. The Kier molecular flexibility index (Phi) is 7.39. The second kappa shape index (κ2) is 7.86. The molecular formula is C9H19NO3. The van der Waals surface area contributed by atoms with Crippen LogP contribution in [0.5, 0.6) is 0 Å². The predicted molar refractivity (Wildman–Crippen MR) is 50.5 cm³/mol. The predicted octanol–water partition coefficient (Wildman–Crippen LogP) is 1.14. The zero-order valence-electron chi connectivity index (χ0n) is 8.38. The van der Waals surface area contributed by atoms with E-state index < -0.39 is 0 Å². The van der Waals surface area contributed by atoms with Crippen LogP contribution in [0.3, 0.4) is 0 Å². The van der Waals surface area contributed by atoms with E-state index in [2.05, 4.69) is 5.32 Å². The first-order chi connectivity index (χ1) is 6.16. The maximum Gasteiger partial charge on any atom is 0.407 e. The number of aliphatic hydroxyl groups excluding tert-OH is 1. The summed E-state index contributed by atoms with van der Waals surface area (Å²) in [7, 11) is 0. The van der Waals surface area contributed by atoms with E-state index in [1.54, 1.807) is 0 Å². The molecule has 0 radical (unpaired) electrons. The molecule has 0 spiro atoms. The van der Waals surface area contributed by atoms with E-state index in [4.69, 9.17) is 9.84 Å². The highest BCUT2D eigenvalue weighted by molar-refractivity contribution is 5.66. The summed E-state index contributed by atoms with van der Waals surface area (Å²) in [5, 5.41) is 11.1. The maximum atomic E-state index is 10.9. The molecule has 4 nitrogen and oxygen atoms in total. The van der Waals surface area contributed by atoms with Gasteiger partial charge in [-0.15, -0.1) is 0 Å². The molecule has 0 aromatic carbocycles. The van der Waals surface area contributed by atoms with Crippen LogP contribution in [0.15, 0.2) is 0 Å². The number of hydrogen-bond acceptors (Lipinski definition) is 3. The highest BCUT2D eigenvalue weighted by Gasteiger charge is 2.01. The van der Waals surface area contributed by atoms with Gasteiger partial charge in [0.1, 0.15) is 0 Å². The molecule has 1 amide bonds. The molecule has 2 N–H and O–H groups in total. The molecule has 0 heterocycles. The van der Waals surface area contributed by atoms with E-state index in [-0.39, 0.29) is 12.7 Å². The van der Waals surface area contributed by atoms with E-state index in [0.29, 0.717) is 31.9 Å². The minimum Gasteiger partial charge on any atom is -0.450 e. The molecule has 0 bridgehead atoms. The summed E-state index contributed by atoms with van der Waals surface area (Å²) in [5.74, 6) is 0.435. The van der Waals surface area contributed by atoms with Crippen molar-refractivity contribution in [3.05, 3.63) is 0 Å². The second-order valence-electron chi connectivity index (χ2n) is 3.34. The molecule has 0 saturated heterocycles. The lowest BCUT2D eigenvalue weighted by atomic mass is 10.2. The van der Waals surface area contributed by atoms with Gasteiger partial charge in [0.15, 0.2) is 0 Å². The average molecular weight is 189 g/mol. The molecule has 13 heavy (non-hydrogen) atoms. The summed E-state index contributed by atoms with van der Waals surface area (Å²) in [6, 6.07) is 0. The van der Waals surface area contributed by atoms with Gasteiger partial charge in [-0.25, -0.2) is 4.79 Å². The van der Waals surface area contributed by atoms with Gasteiger partial charge < -0.3 is 15.2 Å². The molecule has 0 aliphatic rings. The minimum absolute atomic E-state index is 0.150. The smallest absolute Gasteiger partial charge is 0.407 e. The minimum atomic E-state index is -0.369. The Hall–Kier alpha value is -0.770. The lowest BCUT2D eigenvalue weighted by molar-refractivity contribution is 0.140. The quantitative estimate of drug-likeness (QED) is 0.616. The Morgan fingerprint density at radius 2 is 2.15 bits per heavy atom. The number of nitrogens with one attached hydrogen (secondary N) is 1. The normalized spacial score (nSPS) is 10.2. The molecule has 78 valence electrons. The van der Waals surface area contributed by atoms with E-state index >= 15 is 0 Å². The van der Waals surface area contributed by atoms with Crippen molar-refractivity contribution in [1.29, 1.82) is 0 Å². The fourth-order valence-electron chi connectivity index (χ4n) is 0.717. The third-order valence-corrected chi connectivity index (χ3v) is 1.44. The molecule has 0 fully saturated rings. The van der Waals surface area contributed by atoms with E-state index in [1.165, 1.54) is 0 Å². The van der Waals surface area contributed by atoms with E-state index in [0.717, 1.165) is 0 Å². The van der Waals surface area contributed by atoms with E-state index in [1.807, 2.05) is 13.8 Å². The number of carbonyl (C=O) groups is 1. The fourth-order valence-corrected chi connectivity index (χ4v) is 0.717. The first kappa shape index (κ1) is 12.2. The Labute approximate surface area is 79.3 Å². The number of hydrogen-bond donors (Lipinski definition) is 2. The van der Waals surface area contributed by atoms with Crippen molar-refractivity contribution in [2.24, 2.45) is 5.92 Å². The van der Waals surface area contributed by atoms with Gasteiger partial charge in [0, 0.05) is 13.2 Å². The molecule has 0 aliphatic carbocycles. The number of carbonyl (C=O) groups excluding carboxylic acids is 1. The summed E-state index contributed by atoms with van der Waals surface area (Å²) in [5.41, 5.74) is 0. The van der Waals surface area contributed by atoms with Crippen molar-refractivity contribution in [3.63, 3.8) is 0 Å². The molecule has 4 heteroatoms. The van der Waals surface area contributed by atoms with Crippen molar-refractivity contribution in [2.45, 2.75) is 26.7 Å². The lowest BCUT2D eigenvalue weighted by Gasteiger charge is -2.07. The van der Waals surface area contributed by atoms with Crippen LogP contribution in [-0.4, -0.2) is 31.0 Å². The topological polar surface area (TPSA) is 58.6 Å². The lowest BCUT2D eigenvalue weighted by Crippen LogP contribution is -2.28. The third kappa shape index (κ3) is 9.14. The van der Waals surface area contributed by atoms with Crippen molar-refractivity contribution in [3.8, 4) is 0 Å². The van der Waals surface area contributed by atoms with Gasteiger partial charge in [-0.3, -0.25) is 0 Å². The summed E-state index contributed by atoms with van der Waals surface area (Å²) < 4.78 is 4.83. The second-order valence-corrected chi connectivity index (χ2v) is 3.34. The monoisotopic (exact) mass is 189 g/mol. The molecular weight excluding hydrogens is 170 g/mol. The van der Waals surface area contributed by atoms with Gasteiger partial charge in [-0.05, 0) is 18.8 Å². The molecule has 0 rings (SSSR count). The largest absolute Gasteiger partial charge is 0.450 e. The number of rotatable bonds is 6. The van der Waals surface area contributed by atoms with Gasteiger partial charge in [0.2, 0.25) is 0 Å². The van der Waals surface area contributed by atoms with Crippen molar-refractivity contribution < 1.29 is 14.6 Å². The van der Waals surface area contributed by atoms with Crippen LogP contribution in [0, 0.1) is 5.92 Å². The summed E-state index contributed by atoms with van der Waals surface area (Å²) in [4.78, 5) is 10.9. The Morgan fingerprint density at radius 1 is 1.46 bits per heavy atom. The number of unbranched alkanes of at least 4 members (excludes halogenated alkanes) is 1. The van der Waals surface area contributed by atoms with Crippen molar-refractivity contribution >= 4 is 6.09 Å². The summed E-state index contributed by atoms with van der Waals surface area (Å²) >= 11 is 0. The van der Waals surface area contributed by atoms with Crippen LogP contribution in [0.4, 0.5) is 4.79 Å². The molecule has 0 aliphatic heterocycles. The zero-order valence-corrected chi connectivity index (χ0v) is 8.38. The van der Waals surface area contributed by atoms with Gasteiger partial charge >= 0.3 is 6.09 Å². The zero-order chi connectivity index (χ0) is 10.1. The number of ether oxygens (including phenoxy) is 1. The van der Waals surface area contributed by atoms with Crippen LogP contribution in [-0.2, 0) is 4.74 Å². The standard InChI is InChI=1S/C9H19NO3/c1-8(2)7-10-9(12)13-6-4-3-5-11/h8,11H,3-7H2,1-2H3,(H,10,12). The van der Waals surface area contributed by atoms with E-state index in [9.17, 15) is 4.79 Å². The number of alkyl carbamates (subject to hydrolysis) is 1. The van der Waals surface area contributed by atoms with Gasteiger partial charge in [-0.2, -0.15) is 0 Å². The van der Waals surface area contributed by atoms with Crippen LogP contribution in [0.1, 0.15) is 26.7 Å². The van der Waals surface area contributed by atoms with Crippen molar-refractivity contribution in [2.75, 3.05) is 19.8 Å². The molecule has 0 saturated carbocycles. The van der Waals surface area contributed by atoms with Crippen LogP contribution in [0.2, 0.25) is 0 Å². The molecule has 0 atom stereocenters. The number of aliphatic hydroxyl groups is 1. The van der Waals surface area contributed by atoms with Gasteiger partial charge in [-0.1, -0.05) is 13.8 Å². The van der Waals surface area contributed by atoms with Crippen LogP contribution >= 0.6 is 0 Å². The average Bonchev–Trinajstić information content (AvgIpc) is 2.09. The molecule has 0 aromatic rings. The fraction of sp³-hybridized carbons (Fsp3) is 0.889. The highest BCUT2D eigenvalue weighted by atomic mass is 16.5. The Morgan fingerprint density at radius 3 is 2.69 bits per heavy atom. The van der Waals surface area contributed by atoms with Crippen LogP contribution < -0.4 is 5.32 Å². The highest BCUT2D eigenvalue weighted by Crippen LogP contribution is 1.91.